The molecule has 8 heteroatoms. The molecular formula is C13H23N3O5. The van der Waals surface area contributed by atoms with E-state index in [-0.39, 0.29) is 19.5 Å². The van der Waals surface area contributed by atoms with Gasteiger partial charge in [-0.2, -0.15) is 0 Å². The summed E-state index contributed by atoms with van der Waals surface area (Å²) in [5.41, 5.74) is 3.71. The molecule has 2 amide bonds. The number of rotatable bonds is 5. The number of carbonyl (C=O) groups is 3. The Morgan fingerprint density at radius 1 is 1.38 bits per heavy atom. The summed E-state index contributed by atoms with van der Waals surface area (Å²) in [6, 6.07) is -0.676. The first-order valence-corrected chi connectivity index (χ1v) is 6.71. The van der Waals surface area contributed by atoms with E-state index in [2.05, 4.69) is 5.32 Å². The van der Waals surface area contributed by atoms with E-state index in [9.17, 15) is 14.4 Å². The highest BCUT2D eigenvalue weighted by Crippen LogP contribution is 2.27. The second kappa shape index (κ2) is 5.88. The van der Waals surface area contributed by atoms with E-state index in [1.165, 1.54) is 4.90 Å². The number of likely N-dealkylation sites (tertiary alicyclic amines) is 1. The third-order valence-corrected chi connectivity index (χ3v) is 3.08. The Morgan fingerprint density at radius 3 is 2.29 bits per heavy atom. The molecule has 1 rings (SSSR count). The molecule has 1 fully saturated rings. The summed E-state index contributed by atoms with van der Waals surface area (Å²) in [6.45, 7) is 7.13. The van der Waals surface area contributed by atoms with Crippen molar-refractivity contribution in [3.63, 3.8) is 0 Å². The highest BCUT2D eigenvalue weighted by molar-refractivity contribution is 5.80. The summed E-state index contributed by atoms with van der Waals surface area (Å²) >= 11 is 0. The van der Waals surface area contributed by atoms with Crippen molar-refractivity contribution in [3.05, 3.63) is 0 Å². The van der Waals surface area contributed by atoms with Gasteiger partial charge < -0.3 is 20.5 Å². The molecule has 1 aliphatic rings. The monoisotopic (exact) mass is 301 g/mol. The summed E-state index contributed by atoms with van der Waals surface area (Å²) in [5, 5.41) is 11.9. The van der Waals surface area contributed by atoms with E-state index in [1.54, 1.807) is 27.7 Å². The Bertz CT molecular complexity index is 438. The van der Waals surface area contributed by atoms with E-state index in [0.717, 1.165) is 0 Å². The molecule has 1 saturated heterocycles. The summed E-state index contributed by atoms with van der Waals surface area (Å²) in [4.78, 5) is 35.4. The molecule has 0 radical (unpaired) electrons. The first-order valence-electron chi connectivity index (χ1n) is 6.71. The molecule has 4 N–H and O–H groups in total. The molecule has 0 spiro atoms. The molecule has 21 heavy (non-hydrogen) atoms. The van der Waals surface area contributed by atoms with Gasteiger partial charge in [0.1, 0.15) is 5.60 Å². The minimum atomic E-state index is -1.01. The number of primary amides is 1. The fraction of sp³-hybridized carbons (Fsp3) is 0.769. The van der Waals surface area contributed by atoms with Gasteiger partial charge in [0.2, 0.25) is 5.91 Å². The SMILES string of the molecule is CC(NC1(CC(=O)O)CN(C(=O)OC(C)(C)C)C1)C(N)=O. The van der Waals surface area contributed by atoms with E-state index >= 15 is 0 Å². The van der Waals surface area contributed by atoms with Gasteiger partial charge in [-0.3, -0.25) is 14.9 Å². The van der Waals surface area contributed by atoms with Crippen molar-refractivity contribution >= 4 is 18.0 Å². The highest BCUT2D eigenvalue weighted by atomic mass is 16.6. The Hall–Kier alpha value is -1.83. The standard InChI is InChI=1S/C13H23N3O5/c1-8(10(14)19)15-13(5-9(17)18)6-16(7-13)11(20)21-12(2,3)4/h8,15H,5-7H2,1-4H3,(H2,14,19)(H,17,18). The van der Waals surface area contributed by atoms with E-state index in [4.69, 9.17) is 15.6 Å². The predicted octanol–water partition coefficient (Wildman–Crippen LogP) is -0.0860. The number of hydrogen-bond donors (Lipinski definition) is 3. The second-order valence-corrected chi connectivity index (χ2v) is 6.46. The third-order valence-electron chi connectivity index (χ3n) is 3.08. The first-order chi connectivity index (χ1) is 9.44. The van der Waals surface area contributed by atoms with Crippen molar-refractivity contribution in [2.24, 2.45) is 5.73 Å². The van der Waals surface area contributed by atoms with Crippen LogP contribution in [0.1, 0.15) is 34.1 Å². The zero-order valence-electron chi connectivity index (χ0n) is 12.8. The van der Waals surface area contributed by atoms with Gasteiger partial charge in [-0.05, 0) is 27.7 Å². The van der Waals surface area contributed by atoms with Crippen molar-refractivity contribution in [2.45, 2.75) is 51.3 Å². The lowest BCUT2D eigenvalue weighted by Gasteiger charge is -2.50. The van der Waals surface area contributed by atoms with Gasteiger partial charge in [-0.15, -0.1) is 0 Å². The van der Waals surface area contributed by atoms with Crippen LogP contribution in [0.15, 0.2) is 0 Å². The number of nitrogens with two attached hydrogens (primary N) is 1. The van der Waals surface area contributed by atoms with Crippen LogP contribution in [0.3, 0.4) is 0 Å². The fourth-order valence-corrected chi connectivity index (χ4v) is 2.21. The second-order valence-electron chi connectivity index (χ2n) is 6.46. The molecule has 0 aliphatic carbocycles. The smallest absolute Gasteiger partial charge is 0.410 e. The summed E-state index contributed by atoms with van der Waals surface area (Å²) < 4.78 is 5.21. The lowest BCUT2D eigenvalue weighted by molar-refractivity contribution is -0.141. The summed E-state index contributed by atoms with van der Waals surface area (Å²) in [7, 11) is 0. The lowest BCUT2D eigenvalue weighted by Crippen LogP contribution is -2.73. The number of carbonyl (C=O) groups excluding carboxylic acids is 2. The molecule has 8 nitrogen and oxygen atoms in total. The normalized spacial score (nSPS) is 18.6. The summed E-state index contributed by atoms with van der Waals surface area (Å²) in [5.74, 6) is -1.58. The number of nitrogens with one attached hydrogen (secondary N) is 1. The molecular weight excluding hydrogens is 278 g/mol. The zero-order chi connectivity index (χ0) is 16.4. The number of nitrogens with zero attached hydrogens (tertiary/aromatic N) is 1. The number of aliphatic carboxylic acids is 1. The van der Waals surface area contributed by atoms with Gasteiger partial charge in [-0.1, -0.05) is 0 Å². The number of amides is 2. The van der Waals surface area contributed by atoms with Crippen molar-refractivity contribution in [1.82, 2.24) is 10.2 Å². The Morgan fingerprint density at radius 2 is 1.90 bits per heavy atom. The molecule has 0 bridgehead atoms. The molecule has 0 aromatic rings. The van der Waals surface area contributed by atoms with Crippen LogP contribution in [-0.2, 0) is 14.3 Å². The molecule has 1 unspecified atom stereocenters. The molecule has 120 valence electrons. The van der Waals surface area contributed by atoms with Crippen molar-refractivity contribution in [1.29, 1.82) is 0 Å². The largest absolute Gasteiger partial charge is 0.481 e. The molecule has 1 heterocycles. The summed E-state index contributed by atoms with van der Waals surface area (Å²) in [6.07, 6.45) is -0.707. The van der Waals surface area contributed by atoms with E-state index in [0.29, 0.717) is 0 Å². The minimum Gasteiger partial charge on any atom is -0.481 e. The van der Waals surface area contributed by atoms with Crippen molar-refractivity contribution < 1.29 is 24.2 Å². The van der Waals surface area contributed by atoms with Gasteiger partial charge in [0.05, 0.1) is 18.0 Å². The lowest BCUT2D eigenvalue weighted by atomic mass is 9.85. The van der Waals surface area contributed by atoms with E-state index < -0.39 is 35.2 Å². The number of hydrogen-bond acceptors (Lipinski definition) is 5. The van der Waals surface area contributed by atoms with Gasteiger partial charge >= 0.3 is 12.1 Å². The Kier molecular flexibility index (Phi) is 4.83. The van der Waals surface area contributed by atoms with Crippen molar-refractivity contribution in [2.75, 3.05) is 13.1 Å². The highest BCUT2D eigenvalue weighted by Gasteiger charge is 2.48. The molecule has 0 aromatic heterocycles. The van der Waals surface area contributed by atoms with Crippen LogP contribution >= 0.6 is 0 Å². The maximum atomic E-state index is 11.9. The molecule has 1 aliphatic heterocycles. The van der Waals surface area contributed by atoms with Crippen LogP contribution in [0.4, 0.5) is 4.79 Å². The predicted molar refractivity (Wildman–Crippen MR) is 74.6 cm³/mol. The quantitative estimate of drug-likeness (QED) is 0.652. The van der Waals surface area contributed by atoms with Gasteiger partial charge in [0.25, 0.3) is 0 Å². The molecule has 0 aromatic carbocycles. The average molecular weight is 301 g/mol. The number of carboxylic acid groups (broad SMARTS) is 1. The zero-order valence-corrected chi connectivity index (χ0v) is 12.8. The maximum absolute atomic E-state index is 11.9. The molecule has 0 saturated carbocycles. The maximum Gasteiger partial charge on any atom is 0.410 e. The van der Waals surface area contributed by atoms with Crippen LogP contribution in [-0.4, -0.2) is 58.2 Å². The fourth-order valence-electron chi connectivity index (χ4n) is 2.21. The van der Waals surface area contributed by atoms with Crippen LogP contribution in [0, 0.1) is 0 Å². The first kappa shape index (κ1) is 17.2. The van der Waals surface area contributed by atoms with E-state index in [1.807, 2.05) is 0 Å². The average Bonchev–Trinajstić information content (AvgIpc) is 2.21. The van der Waals surface area contributed by atoms with Crippen LogP contribution < -0.4 is 11.1 Å². The van der Waals surface area contributed by atoms with Gasteiger partial charge in [-0.25, -0.2) is 4.79 Å². The van der Waals surface area contributed by atoms with Gasteiger partial charge in [0, 0.05) is 13.1 Å². The number of ether oxygens (including phenoxy) is 1. The number of carboxylic acids is 1. The van der Waals surface area contributed by atoms with Crippen LogP contribution in [0.5, 0.6) is 0 Å². The van der Waals surface area contributed by atoms with Gasteiger partial charge in [0.15, 0.2) is 0 Å². The topological polar surface area (TPSA) is 122 Å². The Labute approximate surface area is 123 Å². The minimum absolute atomic E-state index is 0.159. The van der Waals surface area contributed by atoms with Crippen LogP contribution in [0.25, 0.3) is 0 Å². The third kappa shape index (κ3) is 4.89. The Balaban J connectivity index is 2.67. The molecule has 1 atom stereocenters. The van der Waals surface area contributed by atoms with Crippen molar-refractivity contribution in [3.8, 4) is 0 Å². The van der Waals surface area contributed by atoms with Crippen LogP contribution in [0.2, 0.25) is 0 Å².